The molecule has 7 saturated carbocycles. The molecule has 2 spiro atoms. The fourth-order valence-electron chi connectivity index (χ4n) is 19.4. The second kappa shape index (κ2) is 22.2. The predicted molar refractivity (Wildman–Crippen MR) is 290 cm³/mol. The molecule has 10 unspecified atom stereocenters. The maximum Gasteiger partial charge on any atom is 0.331 e. The summed E-state index contributed by atoms with van der Waals surface area (Å²) >= 11 is 0. The van der Waals surface area contributed by atoms with E-state index in [1.165, 1.54) is 95.5 Å². The van der Waals surface area contributed by atoms with Crippen LogP contribution in [-0.2, 0) is 30.9 Å². The van der Waals surface area contributed by atoms with E-state index in [-0.39, 0.29) is 30.4 Å². The molecule has 3 N–H and O–H groups in total. The molecule has 2 aromatic carbocycles. The minimum absolute atomic E-state index is 0.111. The Morgan fingerprint density at radius 1 is 0.795 bits per heavy atom. The van der Waals surface area contributed by atoms with E-state index in [1.54, 1.807) is 11.6 Å². The number of esters is 2. The third-order valence-electron chi connectivity index (χ3n) is 23.2. The van der Waals surface area contributed by atoms with Crippen molar-refractivity contribution in [1.29, 1.82) is 0 Å². The molecule has 7 fully saturated rings. The molecule has 7 heteroatoms. The van der Waals surface area contributed by atoms with Crippen LogP contribution in [0.25, 0.3) is 0 Å². The van der Waals surface area contributed by atoms with Crippen LogP contribution in [-0.4, -0.2) is 57.8 Å². The summed E-state index contributed by atoms with van der Waals surface area (Å²) < 4.78 is 12.4. The van der Waals surface area contributed by atoms with Gasteiger partial charge in [0.25, 0.3) is 0 Å². The van der Waals surface area contributed by atoms with Gasteiger partial charge in [0.1, 0.15) is 12.7 Å². The Labute approximate surface area is 440 Å². The molecule has 0 bridgehead atoms. The van der Waals surface area contributed by atoms with Gasteiger partial charge in [-0.05, 0) is 203 Å². The maximum absolute atomic E-state index is 14.6. The number of rotatable bonds is 17. The van der Waals surface area contributed by atoms with E-state index in [1.807, 2.05) is 0 Å². The van der Waals surface area contributed by atoms with Gasteiger partial charge < -0.3 is 24.8 Å². The van der Waals surface area contributed by atoms with Gasteiger partial charge in [-0.15, -0.1) is 0 Å². The fraction of sp³-hybridized carbons (Fsp3) is 0.758. The molecule has 2 aromatic rings. The van der Waals surface area contributed by atoms with E-state index in [0.29, 0.717) is 60.2 Å². The molecular formula is C66H96O7. The average molecular weight is 1000 g/mol. The van der Waals surface area contributed by atoms with Crippen LogP contribution in [0.1, 0.15) is 225 Å². The largest absolute Gasteiger partial charge is 0.462 e. The summed E-state index contributed by atoms with van der Waals surface area (Å²) in [6.45, 7) is 7.03. The molecular weight excluding hydrogens is 905 g/mol. The molecule has 1 aliphatic heterocycles. The van der Waals surface area contributed by atoms with Gasteiger partial charge in [0.05, 0.1) is 29.1 Å². The van der Waals surface area contributed by atoms with E-state index >= 15 is 0 Å². The van der Waals surface area contributed by atoms with Crippen LogP contribution in [0.3, 0.4) is 0 Å². The molecule has 0 saturated heterocycles. The number of hydrogen-bond acceptors (Lipinski definition) is 7. The molecule has 0 radical (unpaired) electrons. The minimum Gasteiger partial charge on any atom is -0.462 e. The number of benzene rings is 2. The van der Waals surface area contributed by atoms with Crippen LogP contribution >= 0.6 is 0 Å². The van der Waals surface area contributed by atoms with E-state index in [0.717, 1.165) is 88.5 Å². The average Bonchev–Trinajstić information content (AvgIpc) is 4.15. The zero-order chi connectivity index (χ0) is 50.9. The van der Waals surface area contributed by atoms with Crippen molar-refractivity contribution in [3.05, 3.63) is 83.4 Å². The lowest BCUT2D eigenvalue weighted by Crippen LogP contribution is -2.77. The predicted octanol–water partition coefficient (Wildman–Crippen LogP) is 14.5. The number of aryl methyl sites for hydroxylation is 1. The second-order valence-electron chi connectivity index (χ2n) is 27.2. The zero-order valence-corrected chi connectivity index (χ0v) is 45.6. The molecule has 10 rings (SSSR count). The van der Waals surface area contributed by atoms with Crippen molar-refractivity contribution >= 4 is 11.9 Å². The first-order valence-corrected chi connectivity index (χ1v) is 30.5. The number of carbonyl (C=O) groups excluding carboxylic acids is 2. The summed E-state index contributed by atoms with van der Waals surface area (Å²) in [5.41, 5.74) is 1.61. The molecule has 0 aromatic heterocycles. The summed E-state index contributed by atoms with van der Waals surface area (Å²) in [4.78, 5) is 27.0. The van der Waals surface area contributed by atoms with Crippen LogP contribution < -0.4 is 0 Å². The minimum atomic E-state index is -1.49. The van der Waals surface area contributed by atoms with E-state index < -0.39 is 40.7 Å². The van der Waals surface area contributed by atoms with Crippen molar-refractivity contribution in [1.82, 2.24) is 0 Å². The quantitative estimate of drug-likeness (QED) is 0.135. The SMILES string of the molecule is CC(CCCc1ccccc1)CCC(O)C12C(O)CCC(C)(C3CCC4(CC3)CC(CC3(c5ccccc5)CCCCC3)C3(CCCC3)C4)C1C(OC(=O)C1CCCCC1)CC(C)C2(O)CCC1=CC(=O)OC1. The number of aliphatic hydroxyl groups excluding tert-OH is 2. The third-order valence-corrected chi connectivity index (χ3v) is 23.2. The number of fused-ring (bicyclic) bond motifs is 1. The van der Waals surface area contributed by atoms with Crippen molar-refractivity contribution in [2.24, 2.45) is 57.2 Å². The Kier molecular flexibility index (Phi) is 16.2. The molecule has 7 aliphatic carbocycles. The topological polar surface area (TPSA) is 113 Å². The third kappa shape index (κ3) is 10.3. The number of aliphatic hydroxyl groups is 3. The number of carbonyl (C=O) groups is 2. The van der Waals surface area contributed by atoms with Gasteiger partial charge >= 0.3 is 11.9 Å². The first kappa shape index (κ1) is 53.4. The van der Waals surface area contributed by atoms with Gasteiger partial charge in [0.2, 0.25) is 0 Å². The highest BCUT2D eigenvalue weighted by atomic mass is 16.5. The fourth-order valence-corrected chi connectivity index (χ4v) is 19.4. The molecule has 8 aliphatic rings. The van der Waals surface area contributed by atoms with Gasteiger partial charge in [0, 0.05) is 12.0 Å². The van der Waals surface area contributed by atoms with Gasteiger partial charge in [-0.3, -0.25) is 4.79 Å². The highest BCUT2D eigenvalue weighted by Gasteiger charge is 2.75. The lowest BCUT2D eigenvalue weighted by molar-refractivity contribution is -0.328. The summed E-state index contributed by atoms with van der Waals surface area (Å²) in [5, 5.41) is 40.7. The zero-order valence-electron chi connectivity index (χ0n) is 45.6. The number of hydrogen-bond donors (Lipinski definition) is 3. The highest BCUT2D eigenvalue weighted by Crippen LogP contribution is 2.72. The van der Waals surface area contributed by atoms with E-state index in [2.05, 4.69) is 81.4 Å². The Bertz CT molecular complexity index is 2180. The number of cyclic esters (lactones) is 1. The second-order valence-corrected chi connectivity index (χ2v) is 27.2. The summed E-state index contributed by atoms with van der Waals surface area (Å²) in [5.74, 6) is -0.00172. The van der Waals surface area contributed by atoms with E-state index in [9.17, 15) is 24.9 Å². The lowest BCUT2D eigenvalue weighted by Gasteiger charge is -2.70. The van der Waals surface area contributed by atoms with Crippen LogP contribution in [0, 0.1) is 57.2 Å². The molecule has 402 valence electrons. The van der Waals surface area contributed by atoms with Crippen molar-refractivity contribution in [2.45, 2.75) is 249 Å². The van der Waals surface area contributed by atoms with Crippen molar-refractivity contribution in [3.8, 4) is 0 Å². The van der Waals surface area contributed by atoms with E-state index in [4.69, 9.17) is 9.47 Å². The molecule has 73 heavy (non-hydrogen) atoms. The van der Waals surface area contributed by atoms with Crippen LogP contribution in [0.15, 0.2) is 72.3 Å². The Morgan fingerprint density at radius 2 is 1.47 bits per heavy atom. The Balaban J connectivity index is 0.968. The monoisotopic (exact) mass is 1000 g/mol. The smallest absolute Gasteiger partial charge is 0.331 e. The van der Waals surface area contributed by atoms with Crippen LogP contribution in [0.2, 0.25) is 0 Å². The van der Waals surface area contributed by atoms with Gasteiger partial charge in [0.15, 0.2) is 0 Å². The number of ether oxygens (including phenoxy) is 2. The molecule has 1 heterocycles. The first-order chi connectivity index (χ1) is 35.2. The van der Waals surface area contributed by atoms with Crippen molar-refractivity contribution < 1.29 is 34.4 Å². The first-order valence-electron chi connectivity index (χ1n) is 30.5. The maximum atomic E-state index is 14.6. The Morgan fingerprint density at radius 3 is 2.15 bits per heavy atom. The molecule has 0 amide bonds. The summed E-state index contributed by atoms with van der Waals surface area (Å²) in [7, 11) is 0. The Hall–Kier alpha value is -3.00. The van der Waals surface area contributed by atoms with Crippen molar-refractivity contribution in [2.75, 3.05) is 6.61 Å². The molecule has 7 nitrogen and oxygen atoms in total. The highest BCUT2D eigenvalue weighted by molar-refractivity contribution is 5.85. The standard InChI is InChI=1S/C66H96O7/c1-47(19-18-22-49-20-8-4-9-21-49)27-28-56(67)66-57(68)32-37-61(3,59(66)55(73-60(70)51-23-10-5-11-24-51)41-48(2)65(66,71)40-29-50-42-58(69)72-45-50)52-30-38-62(39-31-52)43-54(64(46-62)35-16-17-36-64)44-63(33-14-7-15-34-63)53-25-12-6-13-26-53/h4,6,8-9,12-13,20-21,25-26,42,47-48,51-52,54-57,59,67-68,71H,5,7,10-11,14-19,22-24,27-41,43-46H2,1-3H3. The summed E-state index contributed by atoms with van der Waals surface area (Å²) in [6.07, 6.45) is 31.7. The van der Waals surface area contributed by atoms with Crippen molar-refractivity contribution in [3.63, 3.8) is 0 Å². The van der Waals surface area contributed by atoms with Crippen LogP contribution in [0.5, 0.6) is 0 Å². The molecule has 10 atom stereocenters. The van der Waals surface area contributed by atoms with Gasteiger partial charge in [-0.25, -0.2) is 4.79 Å². The van der Waals surface area contributed by atoms with Gasteiger partial charge in [-0.1, -0.05) is 139 Å². The van der Waals surface area contributed by atoms with Gasteiger partial charge in [-0.2, -0.15) is 0 Å². The van der Waals surface area contributed by atoms with Crippen LogP contribution in [0.4, 0.5) is 0 Å². The summed E-state index contributed by atoms with van der Waals surface area (Å²) in [6, 6.07) is 22.3. The normalized spacial score (nSPS) is 37.1. The lowest BCUT2D eigenvalue weighted by atomic mass is 9.37.